The maximum absolute atomic E-state index is 11.8. The first-order valence-electron chi connectivity index (χ1n) is 4.09. The van der Waals surface area contributed by atoms with E-state index in [-0.39, 0.29) is 16.9 Å². The molecule has 0 unspecified atom stereocenters. The molecule has 90 valence electrons. The van der Waals surface area contributed by atoms with Crippen LogP contribution in [-0.2, 0) is 11.5 Å². The molecule has 0 amide bonds. The van der Waals surface area contributed by atoms with Gasteiger partial charge in [0.05, 0.1) is 10.2 Å². The highest BCUT2D eigenvalue weighted by atomic mass is 79.9. The molecular weight excluding hydrogens is 293 g/mol. The van der Waals surface area contributed by atoms with Crippen LogP contribution < -0.4 is 11.2 Å². The van der Waals surface area contributed by atoms with Crippen molar-refractivity contribution in [3.05, 3.63) is 27.1 Å². The van der Waals surface area contributed by atoms with E-state index in [9.17, 15) is 18.0 Å². The molecule has 0 fully saturated rings. The molecule has 4 nitrogen and oxygen atoms in total. The Morgan fingerprint density at radius 3 is 2.56 bits per heavy atom. The van der Waals surface area contributed by atoms with Gasteiger partial charge in [-0.15, -0.1) is 0 Å². The van der Waals surface area contributed by atoms with Crippen LogP contribution in [0.3, 0.4) is 0 Å². The molecule has 0 aliphatic rings. The quantitative estimate of drug-likeness (QED) is 0.925. The van der Waals surface area contributed by atoms with Gasteiger partial charge in [-0.2, -0.15) is 13.2 Å². The van der Waals surface area contributed by atoms with E-state index in [1.807, 2.05) is 0 Å². The normalized spacial score (nSPS) is 11.8. The van der Waals surface area contributed by atoms with Crippen LogP contribution in [0.1, 0.15) is 0 Å². The zero-order chi connectivity index (χ0) is 12.3. The molecule has 1 rings (SSSR count). The smallest absolute Gasteiger partial charge is 0.394 e. The third-order valence-corrected chi connectivity index (χ3v) is 2.13. The highest BCUT2D eigenvalue weighted by Gasteiger charge is 2.27. The number of rotatable bonds is 3. The first kappa shape index (κ1) is 13.0. The molecule has 1 aromatic rings. The van der Waals surface area contributed by atoms with Crippen molar-refractivity contribution in [2.24, 2.45) is 0 Å². The Morgan fingerprint density at radius 1 is 1.44 bits per heavy atom. The fourth-order valence-corrected chi connectivity index (χ4v) is 1.45. The Morgan fingerprint density at radius 2 is 2.06 bits per heavy atom. The number of hydrogen-bond acceptors (Lipinski definition) is 3. The second-order valence-electron chi connectivity index (χ2n) is 3.00. The predicted octanol–water partition coefficient (Wildman–Crippen LogP) is 1.73. The average molecular weight is 301 g/mol. The summed E-state index contributed by atoms with van der Waals surface area (Å²) >= 11 is 2.94. The molecule has 0 spiro atoms. The molecule has 0 bridgehead atoms. The minimum atomic E-state index is -4.37. The van der Waals surface area contributed by atoms with E-state index >= 15 is 0 Å². The maximum Gasteiger partial charge on any atom is 0.411 e. The van der Waals surface area contributed by atoms with Gasteiger partial charge in [-0.05, 0) is 15.9 Å². The number of hydrogen-bond donors (Lipinski definition) is 1. The summed E-state index contributed by atoms with van der Waals surface area (Å²) in [5.74, 6) is 0. The molecule has 0 radical (unpaired) electrons. The van der Waals surface area contributed by atoms with E-state index in [1.54, 1.807) is 0 Å². The van der Waals surface area contributed by atoms with Crippen molar-refractivity contribution < 1.29 is 17.9 Å². The molecule has 0 atom stereocenters. The second-order valence-corrected chi connectivity index (χ2v) is 3.85. The molecule has 8 heteroatoms. The van der Waals surface area contributed by atoms with E-state index in [2.05, 4.69) is 20.7 Å². The number of pyridine rings is 1. The number of anilines is 1. The fraction of sp³-hybridized carbons (Fsp3) is 0.375. The maximum atomic E-state index is 11.8. The van der Waals surface area contributed by atoms with Crippen LogP contribution in [0.25, 0.3) is 0 Å². The fourth-order valence-electron chi connectivity index (χ4n) is 0.958. The summed E-state index contributed by atoms with van der Waals surface area (Å²) in [6, 6.07) is 0. The van der Waals surface area contributed by atoms with Crippen molar-refractivity contribution in [1.82, 2.24) is 4.57 Å². The van der Waals surface area contributed by atoms with Crippen molar-refractivity contribution in [3.63, 3.8) is 0 Å². The van der Waals surface area contributed by atoms with Gasteiger partial charge in [-0.3, -0.25) is 4.79 Å². The zero-order valence-electron chi connectivity index (χ0n) is 7.92. The number of aromatic nitrogens is 1. The van der Waals surface area contributed by atoms with E-state index in [4.69, 9.17) is 5.73 Å². The summed E-state index contributed by atoms with van der Waals surface area (Å²) in [6.45, 7) is -1.68. The molecule has 0 aromatic carbocycles. The summed E-state index contributed by atoms with van der Waals surface area (Å²) in [7, 11) is 0. The summed E-state index contributed by atoms with van der Waals surface area (Å²) in [5.41, 5.74) is 4.86. The molecule has 1 heterocycles. The van der Waals surface area contributed by atoms with Crippen LogP contribution in [0.5, 0.6) is 0 Å². The van der Waals surface area contributed by atoms with Gasteiger partial charge in [0, 0.05) is 12.4 Å². The third kappa shape index (κ3) is 3.86. The summed E-state index contributed by atoms with van der Waals surface area (Å²) < 4.78 is 41.1. The van der Waals surface area contributed by atoms with Crippen LogP contribution in [-0.4, -0.2) is 17.4 Å². The lowest BCUT2D eigenvalue weighted by Crippen LogP contribution is -2.19. The highest BCUT2D eigenvalue weighted by molar-refractivity contribution is 9.10. The first-order valence-corrected chi connectivity index (χ1v) is 4.88. The van der Waals surface area contributed by atoms with Gasteiger partial charge in [0.2, 0.25) is 5.43 Å². The van der Waals surface area contributed by atoms with Gasteiger partial charge in [-0.25, -0.2) is 0 Å². The van der Waals surface area contributed by atoms with Crippen LogP contribution >= 0.6 is 15.9 Å². The number of nitrogen functional groups attached to an aromatic ring is 1. The minimum absolute atomic E-state index is 0.0648. The molecule has 0 saturated heterocycles. The summed E-state index contributed by atoms with van der Waals surface area (Å²) in [6.07, 6.45) is -1.86. The second kappa shape index (κ2) is 4.88. The van der Waals surface area contributed by atoms with E-state index in [1.165, 1.54) is 17.0 Å². The first-order chi connectivity index (χ1) is 7.29. The summed E-state index contributed by atoms with van der Waals surface area (Å²) in [4.78, 5) is 11.1. The lowest BCUT2D eigenvalue weighted by Gasteiger charge is -2.10. The summed E-state index contributed by atoms with van der Waals surface area (Å²) in [5, 5.41) is 0. The molecular formula is C8H8BrF3N2O2. The molecule has 16 heavy (non-hydrogen) atoms. The Bertz CT molecular complexity index is 404. The Kier molecular flexibility index (Phi) is 3.98. The third-order valence-electron chi connectivity index (χ3n) is 1.57. The average Bonchev–Trinajstić information content (AvgIpc) is 2.12. The molecule has 0 aliphatic heterocycles. The zero-order valence-corrected chi connectivity index (χ0v) is 9.51. The van der Waals surface area contributed by atoms with Gasteiger partial charge in [0.25, 0.3) is 0 Å². The molecule has 0 aliphatic carbocycles. The number of nitrogens with two attached hydrogens (primary N) is 1. The highest BCUT2D eigenvalue weighted by Crippen LogP contribution is 2.15. The number of halogens is 4. The predicted molar refractivity (Wildman–Crippen MR) is 54.8 cm³/mol. The van der Waals surface area contributed by atoms with Gasteiger partial charge >= 0.3 is 6.18 Å². The molecule has 0 saturated carbocycles. The van der Waals surface area contributed by atoms with Gasteiger partial charge in [0.1, 0.15) is 13.3 Å². The largest absolute Gasteiger partial charge is 0.411 e. The Labute approximate surface area is 96.9 Å². The van der Waals surface area contributed by atoms with Crippen molar-refractivity contribution in [2.75, 3.05) is 12.3 Å². The number of nitrogens with zero attached hydrogens (tertiary/aromatic N) is 1. The van der Waals surface area contributed by atoms with Gasteiger partial charge < -0.3 is 15.0 Å². The number of alkyl halides is 3. The topological polar surface area (TPSA) is 57.2 Å². The standard InChI is InChI=1S/C8H8BrF3N2O2/c9-5-1-14(2-6(13)7(5)15)4-16-3-8(10,11)12/h1-2H,3-4,13H2. The van der Waals surface area contributed by atoms with Crippen LogP contribution in [0.4, 0.5) is 18.9 Å². The van der Waals surface area contributed by atoms with Crippen molar-refractivity contribution in [3.8, 4) is 0 Å². The SMILES string of the molecule is Nc1cn(COCC(F)(F)F)cc(Br)c1=O. The Balaban J connectivity index is 2.66. The Hall–Kier alpha value is -1.02. The van der Waals surface area contributed by atoms with Crippen LogP contribution in [0, 0.1) is 0 Å². The lowest BCUT2D eigenvalue weighted by molar-refractivity contribution is -0.181. The monoisotopic (exact) mass is 300 g/mol. The van der Waals surface area contributed by atoms with Crippen molar-refractivity contribution in [1.29, 1.82) is 0 Å². The molecule has 1 aromatic heterocycles. The number of ether oxygens (including phenoxy) is 1. The van der Waals surface area contributed by atoms with E-state index in [0.717, 1.165) is 0 Å². The molecule has 2 N–H and O–H groups in total. The lowest BCUT2D eigenvalue weighted by atomic mass is 10.4. The van der Waals surface area contributed by atoms with Gasteiger partial charge in [-0.1, -0.05) is 0 Å². The van der Waals surface area contributed by atoms with Gasteiger partial charge in [0.15, 0.2) is 0 Å². The van der Waals surface area contributed by atoms with Crippen molar-refractivity contribution >= 4 is 21.6 Å². The van der Waals surface area contributed by atoms with Crippen LogP contribution in [0.15, 0.2) is 21.7 Å². The van der Waals surface area contributed by atoms with Crippen molar-refractivity contribution in [2.45, 2.75) is 12.9 Å². The van der Waals surface area contributed by atoms with Crippen LogP contribution in [0.2, 0.25) is 0 Å². The van der Waals surface area contributed by atoms with E-state index in [0.29, 0.717) is 0 Å². The minimum Gasteiger partial charge on any atom is -0.394 e. The van der Waals surface area contributed by atoms with E-state index < -0.39 is 18.2 Å².